The molecule has 0 aliphatic carbocycles. The summed E-state index contributed by atoms with van der Waals surface area (Å²) in [7, 11) is 0.499. The van der Waals surface area contributed by atoms with Crippen LogP contribution in [0.25, 0.3) is 9.53 Å². The van der Waals surface area contributed by atoms with Gasteiger partial charge in [-0.15, -0.1) is 11.3 Å². The summed E-state index contributed by atoms with van der Waals surface area (Å²) in [4.78, 5) is 22.6. The number of nitrogens with zero attached hydrogens (tertiary/aromatic N) is 4. The molecule has 154 valence electrons. The molecule has 1 aromatic carbocycles. The van der Waals surface area contributed by atoms with Crippen LogP contribution >= 0.6 is 22.7 Å². The number of rotatable bonds is 5. The van der Waals surface area contributed by atoms with Crippen molar-refractivity contribution < 1.29 is 13.2 Å². The van der Waals surface area contributed by atoms with Gasteiger partial charge in [-0.3, -0.25) is 4.79 Å². The van der Waals surface area contributed by atoms with E-state index in [-0.39, 0.29) is 11.7 Å². The van der Waals surface area contributed by atoms with E-state index in [0.29, 0.717) is 31.1 Å². The van der Waals surface area contributed by atoms with Crippen LogP contribution in [0.5, 0.6) is 0 Å². The van der Waals surface area contributed by atoms with Crippen LogP contribution in [0.15, 0.2) is 36.4 Å². The first-order chi connectivity index (χ1) is 13.8. The van der Waals surface area contributed by atoms with Gasteiger partial charge in [0.1, 0.15) is 4.83 Å². The Morgan fingerprint density at radius 1 is 1.10 bits per heavy atom. The number of thiazole rings is 1. The number of fused-ring (bicyclic) bond motifs is 1. The number of aromatic nitrogens is 1. The largest absolute Gasteiger partial charge is 0.354 e. The molecule has 3 aromatic rings. The van der Waals surface area contributed by atoms with Gasteiger partial charge < -0.3 is 9.80 Å². The van der Waals surface area contributed by atoms with E-state index in [0.717, 1.165) is 20.2 Å². The van der Waals surface area contributed by atoms with Gasteiger partial charge in [0.2, 0.25) is 10.0 Å². The molecule has 1 fully saturated rings. The first-order valence-electron chi connectivity index (χ1n) is 9.22. The van der Waals surface area contributed by atoms with Crippen LogP contribution in [0.3, 0.4) is 0 Å². The number of benzene rings is 1. The Morgan fingerprint density at radius 3 is 2.41 bits per heavy atom. The van der Waals surface area contributed by atoms with Crippen molar-refractivity contribution >= 4 is 53.3 Å². The van der Waals surface area contributed by atoms with E-state index in [1.807, 2.05) is 55.4 Å². The molecule has 2 aromatic heterocycles. The fourth-order valence-electron chi connectivity index (χ4n) is 3.22. The van der Waals surface area contributed by atoms with Crippen LogP contribution in [0.4, 0.5) is 5.13 Å². The van der Waals surface area contributed by atoms with Gasteiger partial charge in [0.15, 0.2) is 5.13 Å². The lowest BCUT2D eigenvalue weighted by atomic mass is 10.2. The van der Waals surface area contributed by atoms with E-state index in [2.05, 4.69) is 4.98 Å². The minimum absolute atomic E-state index is 0.0110. The molecule has 0 spiro atoms. The Labute approximate surface area is 178 Å². The number of hydrogen-bond acceptors (Lipinski definition) is 7. The number of hydrogen-bond donors (Lipinski definition) is 0. The third-order valence-corrected chi connectivity index (χ3v) is 8.95. The minimum atomic E-state index is -3.39. The Morgan fingerprint density at radius 2 is 1.79 bits per heavy atom. The molecule has 3 heterocycles. The number of thiophene rings is 1. The van der Waals surface area contributed by atoms with Crippen LogP contribution < -0.4 is 4.90 Å². The summed E-state index contributed by atoms with van der Waals surface area (Å²) in [6, 6.07) is 11.1. The number of sulfonamides is 1. The molecule has 1 saturated heterocycles. The molecule has 0 saturated carbocycles. The van der Waals surface area contributed by atoms with Crippen molar-refractivity contribution in [2.45, 2.75) is 5.75 Å². The van der Waals surface area contributed by atoms with E-state index in [9.17, 15) is 13.2 Å². The van der Waals surface area contributed by atoms with E-state index in [1.165, 1.54) is 15.6 Å². The quantitative estimate of drug-likeness (QED) is 0.598. The highest BCUT2D eigenvalue weighted by Gasteiger charge is 2.30. The lowest BCUT2D eigenvalue weighted by molar-refractivity contribution is 0.0703. The van der Waals surface area contributed by atoms with E-state index in [4.69, 9.17) is 0 Å². The topological polar surface area (TPSA) is 73.8 Å². The fraction of sp³-hybridized carbons (Fsp3) is 0.368. The average Bonchev–Trinajstić information content (AvgIpc) is 3.27. The van der Waals surface area contributed by atoms with Crippen molar-refractivity contribution in [3.8, 4) is 0 Å². The van der Waals surface area contributed by atoms with E-state index in [1.54, 1.807) is 16.2 Å². The van der Waals surface area contributed by atoms with Crippen molar-refractivity contribution in [2.75, 3.05) is 45.2 Å². The summed E-state index contributed by atoms with van der Waals surface area (Å²) in [6.07, 6.45) is 0. The third-order valence-electron chi connectivity index (χ3n) is 4.78. The van der Waals surface area contributed by atoms with Gasteiger partial charge in [-0.25, -0.2) is 13.4 Å². The summed E-state index contributed by atoms with van der Waals surface area (Å²) < 4.78 is 27.9. The van der Waals surface area contributed by atoms with Crippen LogP contribution in [0, 0.1) is 0 Å². The Hall–Kier alpha value is -2.01. The van der Waals surface area contributed by atoms with Crippen molar-refractivity contribution in [3.05, 3.63) is 46.8 Å². The van der Waals surface area contributed by atoms with Crippen LogP contribution in [0.2, 0.25) is 0 Å². The molecule has 0 radical (unpaired) electrons. The summed E-state index contributed by atoms with van der Waals surface area (Å²) in [5.74, 6) is -0.0604. The van der Waals surface area contributed by atoms with Crippen molar-refractivity contribution in [1.29, 1.82) is 0 Å². The van der Waals surface area contributed by atoms with Gasteiger partial charge in [0, 0.05) is 40.3 Å². The maximum Gasteiger partial charge on any atom is 0.264 e. The lowest BCUT2D eigenvalue weighted by Gasteiger charge is -2.33. The average molecular weight is 451 g/mol. The van der Waals surface area contributed by atoms with Gasteiger partial charge in [0.05, 0.1) is 15.3 Å². The van der Waals surface area contributed by atoms with Crippen molar-refractivity contribution in [2.24, 2.45) is 0 Å². The maximum absolute atomic E-state index is 12.9. The second kappa shape index (κ2) is 8.02. The molecule has 0 atom stereocenters. The molecular weight excluding hydrogens is 428 g/mol. The van der Waals surface area contributed by atoms with Gasteiger partial charge >= 0.3 is 0 Å². The summed E-state index contributed by atoms with van der Waals surface area (Å²) in [6.45, 7) is 1.44. The standard InChI is InChI=1S/C19H22N4O3S3/c1-21(2)19-20-17-15(28-19)12-16(27-17)18(24)22-8-10-23(11-9-22)29(25,26)13-14-6-4-3-5-7-14/h3-7,12H,8-11,13H2,1-2H3. The molecule has 7 nitrogen and oxygen atoms in total. The highest BCUT2D eigenvalue weighted by Crippen LogP contribution is 2.34. The molecular formula is C19H22N4O3S3. The number of piperazine rings is 1. The second-order valence-electron chi connectivity index (χ2n) is 7.10. The molecule has 1 aliphatic heterocycles. The second-order valence-corrected chi connectivity index (χ2v) is 11.1. The van der Waals surface area contributed by atoms with Gasteiger partial charge in [-0.2, -0.15) is 4.31 Å². The van der Waals surface area contributed by atoms with Gasteiger partial charge in [-0.1, -0.05) is 41.7 Å². The Kier molecular flexibility index (Phi) is 5.60. The third kappa shape index (κ3) is 4.30. The number of carbonyl (C=O) groups is 1. The zero-order valence-corrected chi connectivity index (χ0v) is 18.7. The van der Waals surface area contributed by atoms with Crippen molar-refractivity contribution in [1.82, 2.24) is 14.2 Å². The predicted octanol–water partition coefficient (Wildman–Crippen LogP) is 2.71. The van der Waals surface area contributed by atoms with Gasteiger partial charge in [0.25, 0.3) is 5.91 Å². The van der Waals surface area contributed by atoms with Crippen LogP contribution in [0.1, 0.15) is 15.2 Å². The molecule has 0 bridgehead atoms. The Balaban J connectivity index is 1.40. The number of carbonyl (C=O) groups excluding carboxylic acids is 1. The molecule has 29 heavy (non-hydrogen) atoms. The van der Waals surface area contributed by atoms with Crippen LogP contribution in [-0.2, 0) is 15.8 Å². The normalized spacial score (nSPS) is 15.7. The van der Waals surface area contributed by atoms with Crippen molar-refractivity contribution in [3.63, 3.8) is 0 Å². The monoisotopic (exact) mass is 450 g/mol. The van der Waals surface area contributed by atoms with Crippen LogP contribution in [-0.4, -0.2) is 68.8 Å². The predicted molar refractivity (Wildman–Crippen MR) is 118 cm³/mol. The Bertz CT molecular complexity index is 1080. The zero-order valence-electron chi connectivity index (χ0n) is 16.2. The molecule has 0 N–H and O–H groups in total. The van der Waals surface area contributed by atoms with Gasteiger partial charge in [-0.05, 0) is 11.6 Å². The number of amides is 1. The number of anilines is 1. The molecule has 10 heteroatoms. The van der Waals surface area contributed by atoms with E-state index < -0.39 is 10.0 Å². The minimum Gasteiger partial charge on any atom is -0.354 e. The molecule has 1 amide bonds. The smallest absolute Gasteiger partial charge is 0.264 e. The highest BCUT2D eigenvalue weighted by atomic mass is 32.2. The first kappa shape index (κ1) is 20.3. The molecule has 0 unspecified atom stereocenters. The molecule has 1 aliphatic rings. The highest BCUT2D eigenvalue weighted by molar-refractivity contribution is 7.88. The molecule has 4 rings (SSSR count). The summed E-state index contributed by atoms with van der Waals surface area (Å²) in [5.41, 5.74) is 0.772. The summed E-state index contributed by atoms with van der Waals surface area (Å²) in [5, 5.41) is 0.919. The lowest BCUT2D eigenvalue weighted by Crippen LogP contribution is -2.50. The van der Waals surface area contributed by atoms with E-state index >= 15 is 0 Å². The maximum atomic E-state index is 12.9. The SMILES string of the molecule is CN(C)c1nc2sc(C(=O)N3CCN(S(=O)(=O)Cc4ccccc4)CC3)cc2s1. The fourth-order valence-corrected chi connectivity index (χ4v) is 6.84. The zero-order chi connectivity index (χ0) is 20.6. The summed E-state index contributed by atoms with van der Waals surface area (Å²) >= 11 is 2.96. The first-order valence-corrected chi connectivity index (χ1v) is 12.5.